The summed E-state index contributed by atoms with van der Waals surface area (Å²) in [6, 6.07) is 0. The van der Waals surface area contributed by atoms with E-state index in [1.54, 1.807) is 0 Å². The highest BCUT2D eigenvalue weighted by molar-refractivity contribution is 5.71. The number of likely N-dealkylation sites (N-methyl/N-ethyl adjacent to an activating group) is 1. The Labute approximate surface area is 474 Å². The van der Waals surface area contributed by atoms with Crippen LogP contribution >= 0.6 is 0 Å². The minimum Gasteiger partial charge on any atom is -0.477 e. The van der Waals surface area contributed by atoms with E-state index in [9.17, 15) is 19.5 Å². The highest BCUT2D eigenvalue weighted by Crippen LogP contribution is 2.17. The van der Waals surface area contributed by atoms with E-state index < -0.39 is 24.3 Å². The summed E-state index contributed by atoms with van der Waals surface area (Å²) >= 11 is 0. The number of hydrogen-bond donors (Lipinski definition) is 1. The van der Waals surface area contributed by atoms with Gasteiger partial charge in [-0.25, -0.2) is 4.79 Å². The Morgan fingerprint density at radius 1 is 0.403 bits per heavy atom. The summed E-state index contributed by atoms with van der Waals surface area (Å²) < 4.78 is 22.9. The molecule has 0 bridgehead atoms. The van der Waals surface area contributed by atoms with E-state index in [4.69, 9.17) is 18.9 Å². The molecule has 0 saturated carbocycles. The lowest BCUT2D eigenvalue weighted by atomic mass is 10.0. The summed E-state index contributed by atoms with van der Waals surface area (Å²) in [7, 11) is 5.97. The van der Waals surface area contributed by atoms with Gasteiger partial charge in [-0.3, -0.25) is 9.59 Å². The average Bonchev–Trinajstić information content (AvgIpc) is 3.40. The molecule has 444 valence electrons. The minimum atomic E-state index is -1.51. The van der Waals surface area contributed by atoms with Gasteiger partial charge in [0, 0.05) is 12.8 Å². The van der Waals surface area contributed by atoms with Crippen molar-refractivity contribution in [1.82, 2.24) is 0 Å². The molecule has 0 heterocycles. The topological polar surface area (TPSA) is 108 Å². The number of carbonyl (C=O) groups excluding carboxylic acids is 2. The largest absolute Gasteiger partial charge is 0.477 e. The van der Waals surface area contributed by atoms with Crippen molar-refractivity contribution in [3.63, 3.8) is 0 Å². The standard InChI is InChI=1S/C68H119NO8/c1-6-8-10-12-14-16-18-20-21-22-23-24-25-26-27-28-29-30-31-32-33-34-35-36-37-38-39-40-41-42-43-44-45-47-49-51-53-55-57-59-66(71)77-64(63-76-68(67(72)73)74-61-60-69(3,4)5)62-75-65(70)58-56-54-52-50-48-46-19-17-15-13-11-9-7-2/h8,10,14,16,20-21,23-24,26-27,29-30,32-33,64,68H,6-7,9,11-13,15,17-19,22,25,28,31,34-63H2,1-5H3/p+1/b10-8-,16-14-,21-20-,24-23-,27-26-,30-29-,33-32-. The van der Waals surface area contributed by atoms with Crippen molar-refractivity contribution in [3.05, 3.63) is 85.1 Å². The summed E-state index contributed by atoms with van der Waals surface area (Å²) in [6.07, 6.45) is 75.4. The average molecular weight is 1080 g/mol. The van der Waals surface area contributed by atoms with Gasteiger partial charge in [0.15, 0.2) is 6.10 Å². The molecule has 0 aliphatic carbocycles. The molecule has 77 heavy (non-hydrogen) atoms. The summed E-state index contributed by atoms with van der Waals surface area (Å²) in [5.41, 5.74) is 0. The number of quaternary nitrogens is 1. The van der Waals surface area contributed by atoms with Crippen molar-refractivity contribution in [2.24, 2.45) is 0 Å². The second-order valence-corrected chi connectivity index (χ2v) is 22.3. The molecule has 0 amide bonds. The molecule has 1 N–H and O–H groups in total. The van der Waals surface area contributed by atoms with Crippen LogP contribution in [0.25, 0.3) is 0 Å². The van der Waals surface area contributed by atoms with Gasteiger partial charge in [0.1, 0.15) is 13.2 Å². The third-order valence-corrected chi connectivity index (χ3v) is 13.7. The Hall–Kier alpha value is -3.53. The highest BCUT2D eigenvalue weighted by atomic mass is 16.7. The van der Waals surface area contributed by atoms with E-state index in [0.29, 0.717) is 17.4 Å². The van der Waals surface area contributed by atoms with Gasteiger partial charge in [0.05, 0.1) is 34.4 Å². The van der Waals surface area contributed by atoms with Crippen molar-refractivity contribution >= 4 is 17.9 Å². The van der Waals surface area contributed by atoms with Gasteiger partial charge in [-0.15, -0.1) is 0 Å². The summed E-state index contributed by atoms with van der Waals surface area (Å²) in [5, 5.41) is 9.70. The fourth-order valence-electron chi connectivity index (χ4n) is 8.82. The second kappa shape index (κ2) is 58.6. The number of aliphatic carboxylic acids is 1. The lowest BCUT2D eigenvalue weighted by Crippen LogP contribution is -2.40. The van der Waals surface area contributed by atoms with Crippen molar-refractivity contribution < 1.29 is 42.9 Å². The fraction of sp³-hybridized carbons (Fsp3) is 0.750. The van der Waals surface area contributed by atoms with Crippen LogP contribution < -0.4 is 0 Å². The van der Waals surface area contributed by atoms with Gasteiger partial charge in [-0.05, 0) is 70.6 Å². The van der Waals surface area contributed by atoms with Crippen LogP contribution in [0.2, 0.25) is 0 Å². The zero-order valence-electron chi connectivity index (χ0n) is 50.6. The predicted octanol–water partition coefficient (Wildman–Crippen LogP) is 19.1. The molecule has 2 atom stereocenters. The molecule has 0 saturated heterocycles. The maximum absolute atomic E-state index is 12.9. The summed E-state index contributed by atoms with van der Waals surface area (Å²) in [6.45, 7) is 4.78. The smallest absolute Gasteiger partial charge is 0.361 e. The van der Waals surface area contributed by atoms with E-state index in [0.717, 1.165) is 83.5 Å². The first-order valence-electron chi connectivity index (χ1n) is 31.8. The van der Waals surface area contributed by atoms with E-state index >= 15 is 0 Å². The molecular weight excluding hydrogens is 959 g/mol. The molecule has 0 aromatic carbocycles. The number of rotatable bonds is 58. The number of esters is 2. The first kappa shape index (κ1) is 73.5. The van der Waals surface area contributed by atoms with Crippen LogP contribution in [-0.2, 0) is 33.3 Å². The maximum atomic E-state index is 12.9. The van der Waals surface area contributed by atoms with Crippen LogP contribution in [0, 0.1) is 0 Å². The number of ether oxygens (including phenoxy) is 4. The SMILES string of the molecule is CC/C=C\C/C=C\C/C=C\C/C=C\C/C=C\C/C=C\C/C=C\CCCCCCCCCCCCCCCCCCCC(=O)OC(COC(=O)CCCCCCCCCCCCCCC)COC(OCC[N+](C)(C)C)C(=O)O. The van der Waals surface area contributed by atoms with Crippen molar-refractivity contribution in [3.8, 4) is 0 Å². The monoisotopic (exact) mass is 1080 g/mol. The highest BCUT2D eigenvalue weighted by Gasteiger charge is 2.25. The van der Waals surface area contributed by atoms with E-state index in [1.807, 2.05) is 21.1 Å². The normalized spacial score (nSPS) is 13.3. The Morgan fingerprint density at radius 3 is 1.10 bits per heavy atom. The van der Waals surface area contributed by atoms with Gasteiger partial charge < -0.3 is 28.5 Å². The van der Waals surface area contributed by atoms with Crippen molar-refractivity contribution in [2.75, 3.05) is 47.5 Å². The predicted molar refractivity (Wildman–Crippen MR) is 327 cm³/mol. The van der Waals surface area contributed by atoms with Crippen LogP contribution in [0.3, 0.4) is 0 Å². The lowest BCUT2D eigenvalue weighted by Gasteiger charge is -2.25. The molecule has 0 aliphatic heterocycles. The van der Waals surface area contributed by atoms with Crippen LogP contribution in [0.4, 0.5) is 0 Å². The van der Waals surface area contributed by atoms with Crippen molar-refractivity contribution in [1.29, 1.82) is 0 Å². The van der Waals surface area contributed by atoms with E-state index in [1.165, 1.54) is 161 Å². The first-order valence-corrected chi connectivity index (χ1v) is 31.8. The fourth-order valence-corrected chi connectivity index (χ4v) is 8.82. The molecule has 9 heteroatoms. The first-order chi connectivity index (χ1) is 37.6. The number of carbonyl (C=O) groups is 3. The molecule has 0 aromatic rings. The molecule has 0 aromatic heterocycles. The van der Waals surface area contributed by atoms with Gasteiger partial charge in [0.25, 0.3) is 6.29 Å². The third-order valence-electron chi connectivity index (χ3n) is 13.7. The second-order valence-electron chi connectivity index (χ2n) is 22.3. The van der Waals surface area contributed by atoms with Crippen LogP contribution in [0.15, 0.2) is 85.1 Å². The Kier molecular flexibility index (Phi) is 55.9. The van der Waals surface area contributed by atoms with Gasteiger partial charge >= 0.3 is 17.9 Å². The maximum Gasteiger partial charge on any atom is 0.361 e. The van der Waals surface area contributed by atoms with Gasteiger partial charge in [-0.2, -0.15) is 0 Å². The molecular formula is C68H120NO8+. The van der Waals surface area contributed by atoms with E-state index in [2.05, 4.69) is 98.9 Å². The Bertz CT molecular complexity index is 1540. The molecule has 9 nitrogen and oxygen atoms in total. The quantitative estimate of drug-likeness (QED) is 0.0211. The third kappa shape index (κ3) is 60.0. The molecule has 2 unspecified atom stereocenters. The lowest BCUT2D eigenvalue weighted by molar-refractivity contribution is -0.870. The number of unbranched alkanes of at least 4 members (excludes halogenated alkanes) is 29. The zero-order valence-corrected chi connectivity index (χ0v) is 50.6. The number of carboxylic acid groups (broad SMARTS) is 1. The molecule has 0 aliphatic rings. The Balaban J connectivity index is 4.02. The molecule has 0 radical (unpaired) electrons. The number of nitrogens with zero attached hydrogens (tertiary/aromatic N) is 1. The molecule has 0 fully saturated rings. The zero-order chi connectivity index (χ0) is 56.2. The number of hydrogen-bond acceptors (Lipinski definition) is 7. The number of allylic oxidation sites excluding steroid dienone is 14. The number of carboxylic acids is 1. The van der Waals surface area contributed by atoms with Gasteiger partial charge in [0.2, 0.25) is 0 Å². The summed E-state index contributed by atoms with van der Waals surface area (Å²) in [5.74, 6) is -1.99. The molecule has 0 rings (SSSR count). The van der Waals surface area contributed by atoms with Crippen molar-refractivity contribution in [2.45, 2.75) is 283 Å². The Morgan fingerprint density at radius 2 is 0.740 bits per heavy atom. The molecule has 0 spiro atoms. The van der Waals surface area contributed by atoms with Crippen LogP contribution in [0.1, 0.15) is 271 Å². The van der Waals surface area contributed by atoms with E-state index in [-0.39, 0.29) is 32.2 Å². The van der Waals surface area contributed by atoms with Gasteiger partial charge in [-0.1, -0.05) is 272 Å². The van der Waals surface area contributed by atoms with Crippen LogP contribution in [-0.4, -0.2) is 87.4 Å². The van der Waals surface area contributed by atoms with Crippen LogP contribution in [0.5, 0.6) is 0 Å². The minimum absolute atomic E-state index is 0.180. The summed E-state index contributed by atoms with van der Waals surface area (Å²) in [4.78, 5) is 37.4.